The van der Waals surface area contributed by atoms with E-state index in [2.05, 4.69) is 15.6 Å². The molecule has 0 aromatic heterocycles. The van der Waals surface area contributed by atoms with Crippen molar-refractivity contribution in [2.45, 2.75) is 26.6 Å². The average Bonchev–Trinajstić information content (AvgIpc) is 2.70. The lowest BCUT2D eigenvalue weighted by atomic mass is 10.2. The van der Waals surface area contributed by atoms with Crippen LogP contribution >= 0.6 is 0 Å². The largest absolute Gasteiger partial charge is 0.490 e. The van der Waals surface area contributed by atoms with E-state index in [1.165, 1.54) is 0 Å². The van der Waals surface area contributed by atoms with E-state index < -0.39 is 6.61 Å². The van der Waals surface area contributed by atoms with E-state index in [-0.39, 0.29) is 18.0 Å². The monoisotopic (exact) mass is 406 g/mol. The van der Waals surface area contributed by atoms with Crippen LogP contribution in [0.1, 0.15) is 18.1 Å². The molecule has 0 aliphatic carbocycles. The van der Waals surface area contributed by atoms with Crippen LogP contribution in [0.2, 0.25) is 0 Å². The zero-order valence-corrected chi connectivity index (χ0v) is 17.2. The van der Waals surface area contributed by atoms with Crippen molar-refractivity contribution in [1.29, 1.82) is 0 Å². The molecule has 0 amide bonds. The molecule has 0 radical (unpaired) electrons. The van der Waals surface area contributed by atoms with Crippen molar-refractivity contribution in [3.05, 3.63) is 53.6 Å². The number of benzene rings is 2. The molecule has 0 aliphatic rings. The summed E-state index contributed by atoms with van der Waals surface area (Å²) in [4.78, 5) is 6.21. The first-order valence-corrected chi connectivity index (χ1v) is 9.34. The molecular formula is C21H28F2N4O2. The molecule has 0 spiro atoms. The highest BCUT2D eigenvalue weighted by Crippen LogP contribution is 2.32. The molecule has 0 aliphatic heterocycles. The first-order valence-electron chi connectivity index (χ1n) is 9.34. The van der Waals surface area contributed by atoms with E-state index in [0.29, 0.717) is 24.7 Å². The second kappa shape index (κ2) is 11.1. The van der Waals surface area contributed by atoms with Gasteiger partial charge in [0, 0.05) is 45.5 Å². The van der Waals surface area contributed by atoms with Gasteiger partial charge in [-0.3, -0.25) is 4.99 Å². The number of nitrogens with zero attached hydrogens (tertiary/aromatic N) is 2. The summed E-state index contributed by atoms with van der Waals surface area (Å²) in [5.74, 6) is 0.870. The van der Waals surface area contributed by atoms with Crippen LogP contribution in [0.4, 0.5) is 14.5 Å². The summed E-state index contributed by atoms with van der Waals surface area (Å²) >= 11 is 0. The SMILES string of the molecule is CCOc1cccc(CNC(=NC)NCc2ccc(N(C)C)cc2)c1OC(F)F. The van der Waals surface area contributed by atoms with Gasteiger partial charge in [-0.1, -0.05) is 24.3 Å². The molecule has 0 heterocycles. The van der Waals surface area contributed by atoms with Crippen molar-refractivity contribution in [3.63, 3.8) is 0 Å². The molecule has 2 rings (SSSR count). The molecular weight excluding hydrogens is 378 g/mol. The lowest BCUT2D eigenvalue weighted by Crippen LogP contribution is -2.36. The summed E-state index contributed by atoms with van der Waals surface area (Å²) in [6.45, 7) is 0.0350. The average molecular weight is 406 g/mol. The maximum absolute atomic E-state index is 12.8. The molecule has 6 nitrogen and oxygen atoms in total. The molecule has 2 aromatic rings. The van der Waals surface area contributed by atoms with E-state index in [1.54, 1.807) is 32.2 Å². The molecule has 2 aromatic carbocycles. The highest BCUT2D eigenvalue weighted by atomic mass is 19.3. The van der Waals surface area contributed by atoms with Crippen LogP contribution in [-0.4, -0.2) is 40.3 Å². The second-order valence-electron chi connectivity index (χ2n) is 6.40. The molecule has 0 saturated heterocycles. The van der Waals surface area contributed by atoms with Gasteiger partial charge in [-0.15, -0.1) is 0 Å². The van der Waals surface area contributed by atoms with Crippen molar-refractivity contribution in [2.24, 2.45) is 4.99 Å². The van der Waals surface area contributed by atoms with E-state index >= 15 is 0 Å². The van der Waals surface area contributed by atoms with Gasteiger partial charge in [0.2, 0.25) is 0 Å². The van der Waals surface area contributed by atoms with Crippen molar-refractivity contribution >= 4 is 11.6 Å². The number of aliphatic imine (C=N–C) groups is 1. The minimum Gasteiger partial charge on any atom is -0.490 e. The van der Waals surface area contributed by atoms with Crippen LogP contribution in [0.15, 0.2) is 47.5 Å². The zero-order chi connectivity index (χ0) is 21.2. The quantitative estimate of drug-likeness (QED) is 0.492. The minimum absolute atomic E-state index is 0.0339. The van der Waals surface area contributed by atoms with Crippen molar-refractivity contribution in [1.82, 2.24) is 10.6 Å². The summed E-state index contributed by atoms with van der Waals surface area (Å²) in [6.07, 6.45) is 0. The zero-order valence-electron chi connectivity index (χ0n) is 17.2. The smallest absolute Gasteiger partial charge is 0.387 e. The topological polar surface area (TPSA) is 58.1 Å². The first kappa shape index (κ1) is 22.3. The molecule has 0 unspecified atom stereocenters. The van der Waals surface area contributed by atoms with Crippen LogP contribution in [0.5, 0.6) is 11.5 Å². The number of nitrogens with one attached hydrogen (secondary N) is 2. The standard InChI is InChI=1S/C21H28F2N4O2/c1-5-28-18-8-6-7-16(19(18)29-20(22)23)14-26-21(24-2)25-13-15-9-11-17(12-10-15)27(3)4/h6-12,20H,5,13-14H2,1-4H3,(H2,24,25,26). The van der Waals surface area contributed by atoms with Crippen molar-refractivity contribution < 1.29 is 18.3 Å². The normalized spacial score (nSPS) is 11.3. The number of rotatable bonds is 9. The van der Waals surface area contributed by atoms with E-state index in [4.69, 9.17) is 9.47 Å². The number of hydrogen-bond donors (Lipinski definition) is 2. The summed E-state index contributed by atoms with van der Waals surface area (Å²) in [6, 6.07) is 13.2. The van der Waals surface area contributed by atoms with Gasteiger partial charge in [-0.05, 0) is 30.7 Å². The lowest BCUT2D eigenvalue weighted by Gasteiger charge is -2.17. The fourth-order valence-electron chi connectivity index (χ4n) is 2.69. The van der Waals surface area contributed by atoms with Crippen LogP contribution in [0.25, 0.3) is 0 Å². The molecule has 0 saturated carbocycles. The third-order valence-electron chi connectivity index (χ3n) is 4.15. The minimum atomic E-state index is -2.93. The Balaban J connectivity index is 2.00. The molecule has 0 fully saturated rings. The molecule has 8 heteroatoms. The van der Waals surface area contributed by atoms with Crippen LogP contribution in [0, 0.1) is 0 Å². The van der Waals surface area contributed by atoms with Crippen molar-refractivity contribution in [2.75, 3.05) is 32.6 Å². The maximum atomic E-state index is 12.8. The lowest BCUT2D eigenvalue weighted by molar-refractivity contribution is -0.0520. The van der Waals surface area contributed by atoms with E-state index in [1.807, 2.05) is 43.3 Å². The molecule has 0 atom stereocenters. The van der Waals surface area contributed by atoms with Gasteiger partial charge in [-0.25, -0.2) is 0 Å². The van der Waals surface area contributed by atoms with Crippen LogP contribution in [-0.2, 0) is 13.1 Å². The number of guanidine groups is 1. The maximum Gasteiger partial charge on any atom is 0.387 e. The third kappa shape index (κ3) is 6.81. The van der Waals surface area contributed by atoms with Crippen molar-refractivity contribution in [3.8, 4) is 11.5 Å². The summed E-state index contributed by atoms with van der Waals surface area (Å²) in [5.41, 5.74) is 2.77. The van der Waals surface area contributed by atoms with E-state index in [0.717, 1.165) is 11.3 Å². The summed E-state index contributed by atoms with van der Waals surface area (Å²) < 4.78 is 35.8. The number of halogens is 2. The number of para-hydroxylation sites is 1. The number of hydrogen-bond acceptors (Lipinski definition) is 4. The van der Waals surface area contributed by atoms with E-state index in [9.17, 15) is 8.78 Å². The Kier molecular flexibility index (Phi) is 8.51. The highest BCUT2D eigenvalue weighted by Gasteiger charge is 2.16. The Morgan fingerprint density at radius 2 is 1.76 bits per heavy atom. The number of alkyl halides is 2. The molecule has 0 bridgehead atoms. The Labute approximate surface area is 170 Å². The van der Waals surface area contributed by atoms with Gasteiger partial charge in [0.15, 0.2) is 17.5 Å². The first-order chi connectivity index (χ1) is 13.9. The predicted molar refractivity (Wildman–Crippen MR) is 112 cm³/mol. The molecule has 2 N–H and O–H groups in total. The summed E-state index contributed by atoms with van der Waals surface area (Å²) in [7, 11) is 5.63. The number of ether oxygens (including phenoxy) is 2. The highest BCUT2D eigenvalue weighted by molar-refractivity contribution is 5.79. The van der Waals surface area contributed by atoms with Gasteiger partial charge in [0.1, 0.15) is 0 Å². The predicted octanol–water partition coefficient (Wildman–Crippen LogP) is 3.62. The summed E-state index contributed by atoms with van der Waals surface area (Å²) in [5, 5.41) is 6.33. The van der Waals surface area contributed by atoms with Gasteiger partial charge in [0.05, 0.1) is 6.61 Å². The number of anilines is 1. The Bertz CT molecular complexity index is 796. The van der Waals surface area contributed by atoms with Crippen LogP contribution < -0.4 is 25.0 Å². The Morgan fingerprint density at radius 1 is 1.07 bits per heavy atom. The molecule has 29 heavy (non-hydrogen) atoms. The fraction of sp³-hybridized carbons (Fsp3) is 0.381. The van der Waals surface area contributed by atoms with Gasteiger partial charge >= 0.3 is 6.61 Å². The van der Waals surface area contributed by atoms with Gasteiger partial charge < -0.3 is 25.0 Å². The molecule has 158 valence electrons. The van der Waals surface area contributed by atoms with Gasteiger partial charge in [-0.2, -0.15) is 8.78 Å². The Morgan fingerprint density at radius 3 is 2.34 bits per heavy atom. The third-order valence-corrected chi connectivity index (χ3v) is 4.15. The second-order valence-corrected chi connectivity index (χ2v) is 6.40. The Hall–Kier alpha value is -3.03. The van der Waals surface area contributed by atoms with Gasteiger partial charge in [0.25, 0.3) is 0 Å². The van der Waals surface area contributed by atoms with Crippen LogP contribution in [0.3, 0.4) is 0 Å². The fourth-order valence-corrected chi connectivity index (χ4v) is 2.69.